The molecule has 26 heavy (non-hydrogen) atoms. The van der Waals surface area contributed by atoms with Crippen LogP contribution >= 0.6 is 0 Å². The number of anilines is 1. The van der Waals surface area contributed by atoms with Crippen LogP contribution in [-0.4, -0.2) is 37.5 Å². The smallest absolute Gasteiger partial charge is 0.322 e. The van der Waals surface area contributed by atoms with Crippen LogP contribution in [0.25, 0.3) is 0 Å². The number of rotatable bonds is 3. The molecule has 3 amide bonds. The Morgan fingerprint density at radius 1 is 1.04 bits per heavy atom. The van der Waals surface area contributed by atoms with Gasteiger partial charge in [0.15, 0.2) is 0 Å². The molecular weight excluding hydrogens is 330 g/mol. The lowest BCUT2D eigenvalue weighted by Crippen LogP contribution is -2.45. The largest absolute Gasteiger partial charge is 0.497 e. The van der Waals surface area contributed by atoms with Crippen molar-refractivity contribution in [3.05, 3.63) is 71.4 Å². The summed E-state index contributed by atoms with van der Waals surface area (Å²) in [5.41, 5.74) is 3.03. The Morgan fingerprint density at radius 3 is 2.38 bits per heavy atom. The predicted molar refractivity (Wildman–Crippen MR) is 97.9 cm³/mol. The zero-order valence-corrected chi connectivity index (χ0v) is 14.6. The molecule has 0 aromatic heterocycles. The maximum Gasteiger partial charge on any atom is 0.322 e. The van der Waals surface area contributed by atoms with Crippen molar-refractivity contribution in [2.75, 3.05) is 25.6 Å². The second-order valence-electron chi connectivity index (χ2n) is 6.30. The van der Waals surface area contributed by atoms with Crippen LogP contribution in [0.5, 0.6) is 5.75 Å². The van der Waals surface area contributed by atoms with E-state index >= 15 is 0 Å². The molecule has 2 aliphatic heterocycles. The highest BCUT2D eigenvalue weighted by atomic mass is 16.5. The summed E-state index contributed by atoms with van der Waals surface area (Å²) < 4.78 is 5.18. The van der Waals surface area contributed by atoms with E-state index in [2.05, 4.69) is 5.32 Å². The van der Waals surface area contributed by atoms with Crippen LogP contribution in [-0.2, 0) is 4.79 Å². The molecule has 6 heteroatoms. The average Bonchev–Trinajstić information content (AvgIpc) is 3.03. The number of ether oxygens (including phenoxy) is 1. The van der Waals surface area contributed by atoms with Gasteiger partial charge in [-0.2, -0.15) is 0 Å². The van der Waals surface area contributed by atoms with Gasteiger partial charge in [-0.05, 0) is 29.8 Å². The average molecular weight is 349 g/mol. The van der Waals surface area contributed by atoms with Gasteiger partial charge < -0.3 is 15.0 Å². The van der Waals surface area contributed by atoms with Crippen LogP contribution in [0.3, 0.4) is 0 Å². The van der Waals surface area contributed by atoms with E-state index in [9.17, 15) is 9.59 Å². The third-order valence-corrected chi connectivity index (χ3v) is 4.88. The predicted octanol–water partition coefficient (Wildman–Crippen LogP) is 2.69. The van der Waals surface area contributed by atoms with Crippen LogP contribution in [0.2, 0.25) is 0 Å². The quantitative estimate of drug-likeness (QED) is 0.927. The number of nitrogens with one attached hydrogen (secondary N) is 1. The molecule has 1 N–H and O–H groups in total. The Morgan fingerprint density at radius 2 is 1.73 bits per heavy atom. The second-order valence-corrected chi connectivity index (χ2v) is 6.30. The van der Waals surface area contributed by atoms with Gasteiger partial charge in [0.05, 0.1) is 31.0 Å². The molecule has 2 aliphatic rings. The maximum atomic E-state index is 13.2. The van der Waals surface area contributed by atoms with Gasteiger partial charge >= 0.3 is 6.03 Å². The highest BCUT2D eigenvalue weighted by Gasteiger charge is 2.43. The van der Waals surface area contributed by atoms with Crippen LogP contribution < -0.4 is 15.0 Å². The first kappa shape index (κ1) is 16.2. The molecule has 0 fully saturated rings. The standard InChI is InChI=1S/C20H19N3O3/c1-22-16-12-23(14-8-10-15(26-2)11-9-14)19(24)17(16)18(21-20(22)25)13-6-4-3-5-7-13/h3-11,18H,12H2,1-2H3,(H,21,25). The fourth-order valence-corrected chi connectivity index (χ4v) is 3.43. The highest BCUT2D eigenvalue weighted by Crippen LogP contribution is 2.37. The van der Waals surface area contributed by atoms with Crippen LogP contribution in [0.4, 0.5) is 10.5 Å². The second kappa shape index (κ2) is 6.22. The molecule has 0 saturated carbocycles. The third kappa shape index (κ3) is 2.50. The van der Waals surface area contributed by atoms with Crippen LogP contribution in [0, 0.1) is 0 Å². The van der Waals surface area contributed by atoms with Crippen molar-refractivity contribution in [3.8, 4) is 5.75 Å². The van der Waals surface area contributed by atoms with Gasteiger partial charge in [0.2, 0.25) is 0 Å². The Hall–Kier alpha value is -3.28. The van der Waals surface area contributed by atoms with E-state index in [1.807, 2.05) is 54.6 Å². The minimum absolute atomic E-state index is 0.0918. The summed E-state index contributed by atoms with van der Waals surface area (Å²) in [6, 6.07) is 16.3. The van der Waals surface area contributed by atoms with Crippen molar-refractivity contribution in [2.24, 2.45) is 0 Å². The molecule has 2 heterocycles. The van der Waals surface area contributed by atoms with Gasteiger partial charge in [-0.1, -0.05) is 30.3 Å². The number of nitrogens with zero attached hydrogens (tertiary/aromatic N) is 2. The summed E-state index contributed by atoms with van der Waals surface area (Å²) in [5.74, 6) is 0.639. The van der Waals surface area contributed by atoms with E-state index in [-0.39, 0.29) is 11.9 Å². The molecule has 0 spiro atoms. The Labute approximate surface area is 151 Å². The topological polar surface area (TPSA) is 61.9 Å². The molecule has 132 valence electrons. The number of likely N-dealkylation sites (N-methyl/N-ethyl adjacent to an activating group) is 1. The molecule has 0 saturated heterocycles. The van der Waals surface area contributed by atoms with Crippen LogP contribution in [0.15, 0.2) is 65.9 Å². The van der Waals surface area contributed by atoms with E-state index in [1.165, 1.54) is 4.90 Å². The summed E-state index contributed by atoms with van der Waals surface area (Å²) in [6.07, 6.45) is 0. The number of benzene rings is 2. The Balaban J connectivity index is 1.72. The zero-order chi connectivity index (χ0) is 18.3. The van der Waals surface area contributed by atoms with Gasteiger partial charge in [-0.3, -0.25) is 9.69 Å². The molecule has 0 radical (unpaired) electrons. The Kier molecular flexibility index (Phi) is 3.88. The third-order valence-electron chi connectivity index (χ3n) is 4.88. The SMILES string of the molecule is COc1ccc(N2CC3=C(C2=O)C(c2ccccc2)NC(=O)N3C)cc1. The number of carbonyl (C=O) groups is 2. The molecule has 1 unspecified atom stereocenters. The molecule has 2 aromatic rings. The first-order chi connectivity index (χ1) is 12.6. The van der Waals surface area contributed by atoms with Crippen molar-refractivity contribution in [2.45, 2.75) is 6.04 Å². The van der Waals surface area contributed by atoms with Crippen molar-refractivity contribution >= 4 is 17.6 Å². The molecule has 0 bridgehead atoms. The lowest BCUT2D eigenvalue weighted by Gasteiger charge is -2.31. The van der Waals surface area contributed by atoms with E-state index in [0.29, 0.717) is 12.1 Å². The number of urea groups is 1. The van der Waals surface area contributed by atoms with Crippen molar-refractivity contribution in [1.82, 2.24) is 10.2 Å². The minimum atomic E-state index is -0.439. The lowest BCUT2D eigenvalue weighted by atomic mass is 9.96. The molecular formula is C20H19N3O3. The lowest BCUT2D eigenvalue weighted by molar-refractivity contribution is -0.114. The number of hydrogen-bond donors (Lipinski definition) is 1. The first-order valence-corrected chi connectivity index (χ1v) is 8.38. The van der Waals surface area contributed by atoms with Crippen molar-refractivity contribution in [3.63, 3.8) is 0 Å². The minimum Gasteiger partial charge on any atom is -0.497 e. The van der Waals surface area contributed by atoms with E-state index in [4.69, 9.17) is 4.74 Å². The molecule has 1 atom stereocenters. The number of hydrogen-bond acceptors (Lipinski definition) is 3. The first-order valence-electron chi connectivity index (χ1n) is 8.38. The normalized spacial score (nSPS) is 19.5. The Bertz CT molecular complexity index is 890. The van der Waals surface area contributed by atoms with E-state index in [0.717, 1.165) is 22.7 Å². The van der Waals surface area contributed by atoms with Crippen LogP contribution in [0.1, 0.15) is 11.6 Å². The van der Waals surface area contributed by atoms with Crippen molar-refractivity contribution < 1.29 is 14.3 Å². The van der Waals surface area contributed by atoms with Crippen molar-refractivity contribution in [1.29, 1.82) is 0 Å². The number of methoxy groups -OCH3 is 1. The van der Waals surface area contributed by atoms with Gasteiger partial charge in [0.25, 0.3) is 5.91 Å². The summed E-state index contributed by atoms with van der Waals surface area (Å²) in [5, 5.41) is 2.94. The monoisotopic (exact) mass is 349 g/mol. The fraction of sp³-hybridized carbons (Fsp3) is 0.200. The highest BCUT2D eigenvalue weighted by molar-refractivity contribution is 6.11. The maximum absolute atomic E-state index is 13.2. The zero-order valence-electron chi connectivity index (χ0n) is 14.6. The summed E-state index contributed by atoms with van der Waals surface area (Å²) in [6.45, 7) is 0.369. The molecule has 2 aromatic carbocycles. The van der Waals surface area contributed by atoms with Gasteiger partial charge in [0, 0.05) is 12.7 Å². The number of amides is 3. The van der Waals surface area contributed by atoms with E-state index < -0.39 is 6.04 Å². The number of carbonyl (C=O) groups excluding carboxylic acids is 2. The summed E-state index contributed by atoms with van der Waals surface area (Å²) >= 11 is 0. The summed E-state index contributed by atoms with van der Waals surface area (Å²) in [4.78, 5) is 28.8. The summed E-state index contributed by atoms with van der Waals surface area (Å²) in [7, 11) is 3.30. The van der Waals surface area contributed by atoms with Gasteiger partial charge in [-0.25, -0.2) is 4.79 Å². The molecule has 0 aliphatic carbocycles. The van der Waals surface area contributed by atoms with Gasteiger partial charge in [0.1, 0.15) is 5.75 Å². The van der Waals surface area contributed by atoms with Gasteiger partial charge in [-0.15, -0.1) is 0 Å². The molecule has 4 rings (SSSR count). The molecule has 6 nitrogen and oxygen atoms in total. The van der Waals surface area contributed by atoms with E-state index in [1.54, 1.807) is 19.1 Å². The fourth-order valence-electron chi connectivity index (χ4n) is 3.43.